The number of carbonyl (C=O) groups excluding carboxylic acids is 4. The summed E-state index contributed by atoms with van der Waals surface area (Å²) < 4.78 is 26.5. The predicted octanol–water partition coefficient (Wildman–Crippen LogP) is 0.504. The molecule has 0 aliphatic carbocycles. The van der Waals surface area contributed by atoms with Crippen molar-refractivity contribution in [3.63, 3.8) is 0 Å². The molecule has 0 aromatic carbocycles. The molecule has 24 heavy (non-hydrogen) atoms. The van der Waals surface area contributed by atoms with Crippen LogP contribution in [0.3, 0.4) is 0 Å². The fraction of sp³-hybridized carbons (Fsp3) is 0.714. The van der Waals surface area contributed by atoms with Crippen molar-refractivity contribution in [3.8, 4) is 0 Å². The fourth-order valence-corrected chi connectivity index (χ4v) is 2.95. The van der Waals surface area contributed by atoms with E-state index in [9.17, 15) is 19.2 Å². The highest BCUT2D eigenvalue weighted by Crippen LogP contribution is 2.30. The topological polar surface area (TPSA) is 114 Å². The van der Waals surface area contributed by atoms with E-state index in [2.05, 4.69) is 0 Å². The molecular weight excluding hydrogens is 439 g/mol. The van der Waals surface area contributed by atoms with Crippen molar-refractivity contribution in [1.82, 2.24) is 0 Å². The highest BCUT2D eigenvalue weighted by Gasteiger charge is 2.52. The Morgan fingerprint density at radius 3 is 1.58 bits per heavy atom. The molecule has 1 aliphatic heterocycles. The van der Waals surface area contributed by atoms with Crippen molar-refractivity contribution in [2.24, 2.45) is 0 Å². The minimum absolute atomic E-state index is 0.345. The third-order valence-corrected chi connectivity index (χ3v) is 3.80. The van der Waals surface area contributed by atoms with Crippen LogP contribution in [0.2, 0.25) is 0 Å². The lowest BCUT2D eigenvalue weighted by Crippen LogP contribution is -2.62. The minimum Gasteiger partial charge on any atom is -0.456 e. The van der Waals surface area contributed by atoms with Gasteiger partial charge in [-0.3, -0.25) is 19.2 Å². The third-order valence-electron chi connectivity index (χ3n) is 2.93. The average molecular weight is 458 g/mol. The van der Waals surface area contributed by atoms with Gasteiger partial charge in [0.15, 0.2) is 12.2 Å². The lowest BCUT2D eigenvalue weighted by Gasteiger charge is -2.43. The maximum atomic E-state index is 11.4. The van der Waals surface area contributed by atoms with Crippen molar-refractivity contribution >= 4 is 46.5 Å². The van der Waals surface area contributed by atoms with Crippen LogP contribution in [0.1, 0.15) is 27.7 Å². The quantitative estimate of drug-likeness (QED) is 0.252. The van der Waals surface area contributed by atoms with Crippen LogP contribution in [0.25, 0.3) is 0 Å². The fourth-order valence-electron chi connectivity index (χ4n) is 2.24. The summed E-state index contributed by atoms with van der Waals surface area (Å²) in [6, 6.07) is 0. The lowest BCUT2D eigenvalue weighted by molar-refractivity contribution is -0.291. The van der Waals surface area contributed by atoms with Gasteiger partial charge in [0.2, 0.25) is 12.4 Å². The molecule has 0 unspecified atom stereocenters. The third kappa shape index (κ3) is 5.89. The Hall–Kier alpha value is -1.43. The van der Waals surface area contributed by atoms with Crippen LogP contribution in [-0.4, -0.2) is 59.0 Å². The van der Waals surface area contributed by atoms with E-state index in [1.165, 1.54) is 6.92 Å². The van der Waals surface area contributed by atoms with Gasteiger partial charge in [0.1, 0.15) is 6.10 Å². The number of esters is 4. The summed E-state index contributed by atoms with van der Waals surface area (Å²) in [7, 11) is 0. The highest BCUT2D eigenvalue weighted by molar-refractivity contribution is 14.1. The van der Waals surface area contributed by atoms with E-state index in [1.54, 1.807) is 0 Å². The number of ether oxygens (including phenoxy) is 5. The van der Waals surface area contributed by atoms with Gasteiger partial charge in [0, 0.05) is 32.1 Å². The van der Waals surface area contributed by atoms with E-state index in [0.29, 0.717) is 4.43 Å². The molecule has 1 heterocycles. The molecule has 0 aromatic rings. The molecule has 0 aromatic heterocycles. The van der Waals surface area contributed by atoms with Crippen LogP contribution >= 0.6 is 22.6 Å². The van der Waals surface area contributed by atoms with Gasteiger partial charge in [-0.2, -0.15) is 0 Å². The molecule has 1 rings (SSSR count). The number of alkyl halides is 1. The summed E-state index contributed by atoms with van der Waals surface area (Å²) >= 11 is 1.98. The maximum Gasteiger partial charge on any atom is 0.305 e. The van der Waals surface area contributed by atoms with Gasteiger partial charge >= 0.3 is 23.9 Å². The first kappa shape index (κ1) is 20.6. The van der Waals surface area contributed by atoms with Crippen LogP contribution in [-0.2, 0) is 42.9 Å². The maximum absolute atomic E-state index is 11.4. The smallest absolute Gasteiger partial charge is 0.305 e. The van der Waals surface area contributed by atoms with Crippen LogP contribution in [0, 0.1) is 0 Å². The average Bonchev–Trinajstić information content (AvgIpc) is 2.42. The summed E-state index contributed by atoms with van der Waals surface area (Å²) in [5.74, 6) is -2.67. The first-order valence-electron chi connectivity index (χ1n) is 7.06. The summed E-state index contributed by atoms with van der Waals surface area (Å²) in [6.45, 7) is 4.65. The number of rotatable bonds is 5. The zero-order chi connectivity index (χ0) is 18.4. The van der Waals surface area contributed by atoms with E-state index in [4.69, 9.17) is 23.7 Å². The Kier molecular flexibility index (Phi) is 7.87. The Bertz CT molecular complexity index is 506. The van der Waals surface area contributed by atoms with Gasteiger partial charge in [0.25, 0.3) is 0 Å². The molecule has 0 saturated carbocycles. The van der Waals surface area contributed by atoms with Crippen molar-refractivity contribution in [2.75, 3.05) is 4.43 Å². The molecule has 0 N–H and O–H groups in total. The van der Waals surface area contributed by atoms with Crippen molar-refractivity contribution in [3.05, 3.63) is 0 Å². The molecule has 1 aliphatic rings. The van der Waals surface area contributed by atoms with E-state index in [1.807, 2.05) is 22.6 Å². The van der Waals surface area contributed by atoms with Crippen molar-refractivity contribution in [1.29, 1.82) is 0 Å². The summed E-state index contributed by atoms with van der Waals surface area (Å²) in [5.41, 5.74) is 0. The molecular formula is C14H19IO9. The highest BCUT2D eigenvalue weighted by atomic mass is 127. The molecule has 0 spiro atoms. The second-order valence-electron chi connectivity index (χ2n) is 5.03. The van der Waals surface area contributed by atoms with Crippen molar-refractivity contribution < 1.29 is 42.9 Å². The minimum atomic E-state index is -1.29. The van der Waals surface area contributed by atoms with E-state index in [-0.39, 0.29) is 0 Å². The zero-order valence-electron chi connectivity index (χ0n) is 13.6. The number of carbonyl (C=O) groups is 4. The molecule has 9 nitrogen and oxygen atoms in total. The largest absolute Gasteiger partial charge is 0.456 e. The normalized spacial score (nSPS) is 29.3. The van der Waals surface area contributed by atoms with Gasteiger partial charge in [-0.05, 0) is 0 Å². The van der Waals surface area contributed by atoms with E-state index in [0.717, 1.165) is 20.8 Å². The summed E-state index contributed by atoms with van der Waals surface area (Å²) in [4.78, 5) is 45.5. The zero-order valence-corrected chi connectivity index (χ0v) is 15.8. The second kappa shape index (κ2) is 9.16. The molecule has 10 heteroatoms. The number of hydrogen-bond donors (Lipinski definition) is 0. The van der Waals surface area contributed by atoms with E-state index < -0.39 is 54.6 Å². The monoisotopic (exact) mass is 458 g/mol. The van der Waals surface area contributed by atoms with Gasteiger partial charge in [-0.15, -0.1) is 0 Å². The Labute approximate surface area is 152 Å². The number of halogens is 1. The van der Waals surface area contributed by atoms with Crippen LogP contribution in [0.4, 0.5) is 0 Å². The molecule has 0 radical (unpaired) electrons. The lowest BCUT2D eigenvalue weighted by atomic mass is 9.99. The second-order valence-corrected chi connectivity index (χ2v) is 5.91. The Morgan fingerprint density at radius 1 is 0.750 bits per heavy atom. The summed E-state index contributed by atoms with van der Waals surface area (Å²) in [5, 5.41) is 0. The molecule has 0 bridgehead atoms. The molecule has 1 saturated heterocycles. The predicted molar refractivity (Wildman–Crippen MR) is 86.0 cm³/mol. The molecule has 1 fully saturated rings. The number of hydrogen-bond acceptors (Lipinski definition) is 9. The van der Waals surface area contributed by atoms with Crippen LogP contribution < -0.4 is 0 Å². The van der Waals surface area contributed by atoms with Gasteiger partial charge in [-0.1, -0.05) is 22.6 Å². The molecule has 5 atom stereocenters. The summed E-state index contributed by atoms with van der Waals surface area (Å²) in [6.07, 6.45) is -5.47. The Balaban J connectivity index is 3.23. The molecule has 0 amide bonds. The van der Waals surface area contributed by atoms with Crippen LogP contribution in [0.15, 0.2) is 0 Å². The van der Waals surface area contributed by atoms with Gasteiger partial charge < -0.3 is 23.7 Å². The molecule has 136 valence electrons. The first-order chi connectivity index (χ1) is 11.1. The SMILES string of the molecule is CC(=O)O[C@@H]1O[C@@H](CI)[C@@H](OC(C)=O)[C@H](OC(C)=O)[C@H]1OC(C)=O. The van der Waals surface area contributed by atoms with Crippen molar-refractivity contribution in [2.45, 2.75) is 58.4 Å². The van der Waals surface area contributed by atoms with Gasteiger partial charge in [0.05, 0.1) is 0 Å². The standard InChI is InChI=1S/C14H19IO9/c1-6(16)20-11-10(5-15)24-14(23-9(4)19)13(22-8(3)18)12(11)21-7(2)17/h10-14H,5H2,1-4H3/t10-,11+,12-,13+,14+/m0/s1. The van der Waals surface area contributed by atoms with E-state index >= 15 is 0 Å². The first-order valence-corrected chi connectivity index (χ1v) is 8.58. The Morgan fingerprint density at radius 2 is 1.17 bits per heavy atom. The van der Waals surface area contributed by atoms with Gasteiger partial charge in [-0.25, -0.2) is 0 Å². The van der Waals surface area contributed by atoms with Crippen LogP contribution in [0.5, 0.6) is 0 Å².